The Balaban J connectivity index is 2.49. The van der Waals surface area contributed by atoms with Crippen LogP contribution in [0.3, 0.4) is 0 Å². The smallest absolute Gasteiger partial charge is 0.0728 e. The van der Waals surface area contributed by atoms with E-state index in [2.05, 4.69) is 4.98 Å². The van der Waals surface area contributed by atoms with Gasteiger partial charge in [-0.25, -0.2) is 0 Å². The molecule has 0 radical (unpaired) electrons. The minimum Gasteiger partial charge on any atom is -0.256 e. The molecule has 0 aromatic carbocycles. The van der Waals surface area contributed by atoms with E-state index < -0.39 is 0 Å². The van der Waals surface area contributed by atoms with Crippen molar-refractivity contribution < 1.29 is 0 Å². The predicted octanol–water partition coefficient (Wildman–Crippen LogP) is 4.20. The van der Waals surface area contributed by atoms with Gasteiger partial charge in [0.05, 0.1) is 11.6 Å². The molecule has 4 heteroatoms. The van der Waals surface area contributed by atoms with Crippen molar-refractivity contribution in [1.29, 1.82) is 0 Å². The highest BCUT2D eigenvalue weighted by Gasteiger charge is 2.06. The molecular weight excluding hydrogens is 237 g/mol. The molecule has 0 atom stereocenters. The van der Waals surface area contributed by atoms with E-state index >= 15 is 0 Å². The zero-order valence-electron chi connectivity index (χ0n) is 7.21. The van der Waals surface area contributed by atoms with Gasteiger partial charge in [0.25, 0.3) is 0 Å². The van der Waals surface area contributed by atoms with Crippen molar-refractivity contribution in [2.24, 2.45) is 0 Å². The van der Waals surface area contributed by atoms with E-state index in [1.54, 1.807) is 23.6 Å². The minimum absolute atomic E-state index is 0.515. The molecule has 2 heterocycles. The average Bonchev–Trinajstić information content (AvgIpc) is 2.65. The number of pyridine rings is 1. The molecular formula is C10H7Cl2NS. The highest BCUT2D eigenvalue weighted by Crippen LogP contribution is 2.29. The van der Waals surface area contributed by atoms with E-state index in [1.165, 1.54) is 0 Å². The second-order valence-electron chi connectivity index (χ2n) is 2.75. The van der Waals surface area contributed by atoms with Crippen LogP contribution < -0.4 is 0 Å². The van der Waals surface area contributed by atoms with Crippen LogP contribution in [0, 0.1) is 0 Å². The molecule has 2 aromatic heterocycles. The van der Waals surface area contributed by atoms with Gasteiger partial charge in [0.15, 0.2) is 0 Å². The highest BCUT2D eigenvalue weighted by atomic mass is 35.5. The molecule has 0 bridgehead atoms. The fraction of sp³-hybridized carbons (Fsp3) is 0.100. The molecule has 0 aliphatic carbocycles. The first-order chi connectivity index (χ1) is 6.81. The van der Waals surface area contributed by atoms with Crippen LogP contribution in [0.5, 0.6) is 0 Å². The maximum absolute atomic E-state index is 5.89. The molecule has 0 amide bonds. The molecule has 0 saturated heterocycles. The largest absolute Gasteiger partial charge is 0.256 e. The Bertz CT molecular complexity index is 439. The lowest BCUT2D eigenvalue weighted by atomic mass is 10.2. The third-order valence-electron chi connectivity index (χ3n) is 1.86. The zero-order chi connectivity index (χ0) is 9.97. The maximum atomic E-state index is 5.89. The van der Waals surface area contributed by atoms with Gasteiger partial charge >= 0.3 is 0 Å². The summed E-state index contributed by atoms with van der Waals surface area (Å²) in [7, 11) is 0. The van der Waals surface area contributed by atoms with Crippen molar-refractivity contribution in [2.45, 2.75) is 5.88 Å². The van der Waals surface area contributed by atoms with E-state index in [-0.39, 0.29) is 0 Å². The van der Waals surface area contributed by atoms with Crippen molar-refractivity contribution in [2.75, 3.05) is 0 Å². The third kappa shape index (κ3) is 1.92. The zero-order valence-corrected chi connectivity index (χ0v) is 9.53. The molecule has 0 spiro atoms. The normalized spacial score (nSPS) is 10.4. The molecule has 0 aliphatic rings. The van der Waals surface area contributed by atoms with Gasteiger partial charge < -0.3 is 0 Å². The average molecular weight is 244 g/mol. The second-order valence-corrected chi connectivity index (χ2v) is 4.45. The Hall–Kier alpha value is -0.570. The highest BCUT2D eigenvalue weighted by molar-refractivity contribution is 7.10. The number of nitrogens with zero attached hydrogens (tertiary/aromatic N) is 1. The van der Waals surface area contributed by atoms with Gasteiger partial charge in [-0.05, 0) is 23.6 Å². The molecule has 1 nitrogen and oxygen atoms in total. The van der Waals surface area contributed by atoms with Crippen molar-refractivity contribution in [3.05, 3.63) is 39.7 Å². The Morgan fingerprint density at radius 1 is 1.36 bits per heavy atom. The van der Waals surface area contributed by atoms with Gasteiger partial charge in [0.1, 0.15) is 0 Å². The number of hydrogen-bond acceptors (Lipinski definition) is 2. The summed E-state index contributed by atoms with van der Waals surface area (Å²) in [6.07, 6.45) is 1.70. The van der Waals surface area contributed by atoms with Crippen LogP contribution in [-0.4, -0.2) is 4.98 Å². The van der Waals surface area contributed by atoms with Crippen LogP contribution in [0.4, 0.5) is 0 Å². The molecule has 0 fully saturated rings. The Kier molecular flexibility index (Phi) is 3.06. The Morgan fingerprint density at radius 3 is 2.93 bits per heavy atom. The first-order valence-electron chi connectivity index (χ1n) is 4.05. The lowest BCUT2D eigenvalue weighted by Crippen LogP contribution is -1.83. The van der Waals surface area contributed by atoms with Crippen molar-refractivity contribution >= 4 is 34.5 Å². The molecule has 72 valence electrons. The van der Waals surface area contributed by atoms with Gasteiger partial charge in [-0.3, -0.25) is 4.98 Å². The predicted molar refractivity (Wildman–Crippen MR) is 62.1 cm³/mol. The van der Waals surface area contributed by atoms with Gasteiger partial charge in [-0.2, -0.15) is 0 Å². The van der Waals surface area contributed by atoms with E-state index in [4.69, 9.17) is 23.2 Å². The van der Waals surface area contributed by atoms with Crippen LogP contribution in [0.25, 0.3) is 11.3 Å². The molecule has 0 unspecified atom stereocenters. The summed E-state index contributed by atoms with van der Waals surface area (Å²) in [5, 5.41) is 2.71. The van der Waals surface area contributed by atoms with Gasteiger partial charge in [0.2, 0.25) is 0 Å². The number of thiophene rings is 1. The monoisotopic (exact) mass is 243 g/mol. The number of hydrogen-bond donors (Lipinski definition) is 0. The van der Waals surface area contributed by atoms with E-state index in [0.29, 0.717) is 10.9 Å². The van der Waals surface area contributed by atoms with Crippen LogP contribution in [0.15, 0.2) is 29.8 Å². The molecule has 14 heavy (non-hydrogen) atoms. The number of halogens is 2. The van der Waals surface area contributed by atoms with Gasteiger partial charge in [-0.1, -0.05) is 11.6 Å². The SMILES string of the molecule is ClCc1sccc1-c1cc(Cl)ccn1. The molecule has 0 N–H and O–H groups in total. The third-order valence-corrected chi connectivity index (χ3v) is 3.45. The molecule has 0 aliphatic heterocycles. The standard InChI is InChI=1S/C10H7Cl2NS/c11-6-10-8(2-4-14-10)9-5-7(12)1-3-13-9/h1-5H,6H2. The van der Waals surface area contributed by atoms with Crippen LogP contribution >= 0.6 is 34.5 Å². The number of aromatic nitrogens is 1. The summed E-state index contributed by atoms with van der Waals surface area (Å²) < 4.78 is 0. The van der Waals surface area contributed by atoms with Crippen molar-refractivity contribution in [1.82, 2.24) is 4.98 Å². The summed E-state index contributed by atoms with van der Waals surface area (Å²) >= 11 is 13.3. The topological polar surface area (TPSA) is 12.9 Å². The lowest BCUT2D eigenvalue weighted by molar-refractivity contribution is 1.32. The fourth-order valence-corrected chi connectivity index (χ4v) is 2.45. The molecule has 0 saturated carbocycles. The van der Waals surface area contributed by atoms with Gasteiger partial charge in [0, 0.05) is 21.7 Å². The molecule has 2 aromatic rings. The van der Waals surface area contributed by atoms with Crippen LogP contribution in [-0.2, 0) is 5.88 Å². The van der Waals surface area contributed by atoms with Crippen LogP contribution in [0.2, 0.25) is 5.02 Å². The number of alkyl halides is 1. The summed E-state index contributed by atoms with van der Waals surface area (Å²) in [6.45, 7) is 0. The van der Waals surface area contributed by atoms with E-state index in [1.807, 2.05) is 17.5 Å². The summed E-state index contributed by atoms with van der Waals surface area (Å²) in [6, 6.07) is 5.62. The lowest BCUT2D eigenvalue weighted by Gasteiger charge is -2.00. The quantitative estimate of drug-likeness (QED) is 0.721. The Labute approximate surface area is 96.3 Å². The van der Waals surface area contributed by atoms with Crippen molar-refractivity contribution in [3.63, 3.8) is 0 Å². The summed E-state index contributed by atoms with van der Waals surface area (Å²) in [5.74, 6) is 0.515. The number of rotatable bonds is 2. The first-order valence-corrected chi connectivity index (χ1v) is 5.84. The van der Waals surface area contributed by atoms with Crippen molar-refractivity contribution in [3.8, 4) is 11.3 Å². The maximum Gasteiger partial charge on any atom is 0.0728 e. The van der Waals surface area contributed by atoms with E-state index in [0.717, 1.165) is 16.1 Å². The summed E-state index contributed by atoms with van der Waals surface area (Å²) in [4.78, 5) is 5.38. The first kappa shape index (κ1) is 9.97. The Morgan fingerprint density at radius 2 is 2.21 bits per heavy atom. The molecule has 2 rings (SSSR count). The van der Waals surface area contributed by atoms with Crippen LogP contribution in [0.1, 0.15) is 4.88 Å². The summed E-state index contributed by atoms with van der Waals surface area (Å²) in [5.41, 5.74) is 1.96. The second kappa shape index (κ2) is 4.30. The van der Waals surface area contributed by atoms with E-state index in [9.17, 15) is 0 Å². The van der Waals surface area contributed by atoms with Gasteiger partial charge in [-0.15, -0.1) is 22.9 Å². The fourth-order valence-electron chi connectivity index (χ4n) is 1.22. The minimum atomic E-state index is 0.515.